The molecule has 0 saturated carbocycles. The van der Waals surface area contributed by atoms with Crippen LogP contribution in [-0.2, 0) is 20.7 Å². The van der Waals surface area contributed by atoms with Crippen LogP contribution in [0.4, 0.5) is 4.79 Å². The third kappa shape index (κ3) is 6.98. The molecule has 1 aliphatic rings. The molecule has 7 nitrogen and oxygen atoms in total. The fraction of sp³-hybridized carbons (Fsp3) is 0.355. The normalized spacial score (nSPS) is 13.1. The molecule has 4 rings (SSSR count). The van der Waals surface area contributed by atoms with Gasteiger partial charge in [0, 0.05) is 50.1 Å². The van der Waals surface area contributed by atoms with E-state index in [0.29, 0.717) is 31.2 Å². The first kappa shape index (κ1) is 28.6. The second kappa shape index (κ2) is 13.6. The molecule has 0 aromatic heterocycles. The molecule has 0 bridgehead atoms. The highest BCUT2D eigenvalue weighted by Gasteiger charge is 2.36. The summed E-state index contributed by atoms with van der Waals surface area (Å²) in [4.78, 5) is 27.6. The van der Waals surface area contributed by atoms with Crippen LogP contribution in [0, 0.1) is 0 Å². The fourth-order valence-electron chi connectivity index (χ4n) is 5.20. The standard InChI is InChI=1S/C31H35ClN2O5/c1-3-38-29(39-4-2)17-18-33-30(35)28(19-21-13-15-22(32)16-14-21)34(31(36)37)20-27-25-11-7-5-9-23(25)24-10-6-8-12-26(24)27/h5-16,27-29H,3-4,17-20H2,1-2H3,(H,33,35)(H,36,37). The number of carbonyl (C=O) groups is 2. The van der Waals surface area contributed by atoms with Crippen LogP contribution >= 0.6 is 11.6 Å². The molecule has 0 saturated heterocycles. The van der Waals surface area contributed by atoms with Gasteiger partial charge in [-0.1, -0.05) is 72.3 Å². The van der Waals surface area contributed by atoms with Gasteiger partial charge in [-0.2, -0.15) is 0 Å². The molecule has 0 heterocycles. The number of nitrogens with one attached hydrogen (secondary N) is 1. The molecule has 206 valence electrons. The van der Waals surface area contributed by atoms with E-state index in [1.807, 2.05) is 62.4 Å². The summed E-state index contributed by atoms with van der Waals surface area (Å²) in [6.07, 6.45) is -0.909. The Hall–Kier alpha value is -3.39. The van der Waals surface area contributed by atoms with Gasteiger partial charge in [0.25, 0.3) is 0 Å². The zero-order valence-electron chi connectivity index (χ0n) is 22.3. The lowest BCUT2D eigenvalue weighted by molar-refractivity contribution is -0.140. The van der Waals surface area contributed by atoms with Crippen LogP contribution in [0.2, 0.25) is 5.02 Å². The highest BCUT2D eigenvalue weighted by molar-refractivity contribution is 6.30. The van der Waals surface area contributed by atoms with Crippen molar-refractivity contribution in [2.24, 2.45) is 0 Å². The topological polar surface area (TPSA) is 88.1 Å². The first-order chi connectivity index (χ1) is 18.9. The predicted octanol–water partition coefficient (Wildman–Crippen LogP) is 5.95. The van der Waals surface area contributed by atoms with Gasteiger partial charge in [-0.05, 0) is 53.8 Å². The largest absolute Gasteiger partial charge is 0.465 e. The number of hydrogen-bond donors (Lipinski definition) is 2. The maximum absolute atomic E-state index is 13.6. The van der Waals surface area contributed by atoms with Crippen molar-refractivity contribution in [1.82, 2.24) is 10.2 Å². The van der Waals surface area contributed by atoms with Crippen LogP contribution in [0.5, 0.6) is 0 Å². The molecule has 0 aliphatic heterocycles. The molecule has 0 spiro atoms. The van der Waals surface area contributed by atoms with Crippen LogP contribution < -0.4 is 5.32 Å². The summed E-state index contributed by atoms with van der Waals surface area (Å²) in [5.41, 5.74) is 5.14. The summed E-state index contributed by atoms with van der Waals surface area (Å²) in [6, 6.07) is 22.3. The molecule has 0 radical (unpaired) electrons. The Kier molecular flexibility index (Phi) is 9.98. The highest BCUT2D eigenvalue weighted by atomic mass is 35.5. The first-order valence-electron chi connectivity index (χ1n) is 13.4. The summed E-state index contributed by atoms with van der Waals surface area (Å²) in [5, 5.41) is 13.9. The van der Waals surface area contributed by atoms with E-state index in [1.54, 1.807) is 12.1 Å². The van der Waals surface area contributed by atoms with Crippen molar-refractivity contribution in [2.45, 2.75) is 44.9 Å². The van der Waals surface area contributed by atoms with Crippen molar-refractivity contribution in [2.75, 3.05) is 26.3 Å². The molecule has 39 heavy (non-hydrogen) atoms. The van der Waals surface area contributed by atoms with E-state index in [1.165, 1.54) is 4.90 Å². The SMILES string of the molecule is CCOC(CCNC(=O)C(Cc1ccc(Cl)cc1)N(CC1c2ccccc2-c2ccccc21)C(=O)O)OCC. The van der Waals surface area contributed by atoms with Crippen molar-refractivity contribution in [3.63, 3.8) is 0 Å². The number of nitrogens with zero attached hydrogens (tertiary/aromatic N) is 1. The number of hydrogen-bond acceptors (Lipinski definition) is 4. The zero-order chi connectivity index (χ0) is 27.8. The smallest absolute Gasteiger partial charge is 0.408 e. The average Bonchev–Trinajstić information content (AvgIpc) is 3.25. The Balaban J connectivity index is 1.60. The maximum atomic E-state index is 13.6. The number of rotatable bonds is 13. The lowest BCUT2D eigenvalue weighted by Gasteiger charge is -2.31. The lowest BCUT2D eigenvalue weighted by atomic mass is 9.95. The first-order valence-corrected chi connectivity index (χ1v) is 13.7. The number of halogens is 1. The third-order valence-corrected chi connectivity index (χ3v) is 7.25. The Labute approximate surface area is 234 Å². The van der Waals surface area contributed by atoms with E-state index in [9.17, 15) is 14.7 Å². The molecule has 1 aliphatic carbocycles. The van der Waals surface area contributed by atoms with Gasteiger partial charge < -0.3 is 19.9 Å². The number of carboxylic acid groups (broad SMARTS) is 1. The molecule has 0 fully saturated rings. The Morgan fingerprint density at radius 1 is 0.923 bits per heavy atom. The summed E-state index contributed by atoms with van der Waals surface area (Å²) >= 11 is 6.07. The van der Waals surface area contributed by atoms with Gasteiger partial charge in [0.1, 0.15) is 6.04 Å². The summed E-state index contributed by atoms with van der Waals surface area (Å²) in [6.45, 7) is 5.20. The minimum Gasteiger partial charge on any atom is -0.465 e. The van der Waals surface area contributed by atoms with Crippen molar-refractivity contribution in [3.05, 3.63) is 94.5 Å². The van der Waals surface area contributed by atoms with Gasteiger partial charge in [-0.3, -0.25) is 9.69 Å². The van der Waals surface area contributed by atoms with E-state index in [4.69, 9.17) is 21.1 Å². The van der Waals surface area contributed by atoms with Crippen molar-refractivity contribution in [3.8, 4) is 11.1 Å². The molecule has 8 heteroatoms. The summed E-state index contributed by atoms with van der Waals surface area (Å²) < 4.78 is 11.2. The lowest BCUT2D eigenvalue weighted by Crippen LogP contribution is -2.52. The molecular weight excluding hydrogens is 516 g/mol. The van der Waals surface area contributed by atoms with Crippen molar-refractivity contribution in [1.29, 1.82) is 0 Å². The van der Waals surface area contributed by atoms with E-state index < -0.39 is 18.4 Å². The second-order valence-corrected chi connectivity index (χ2v) is 9.86. The number of benzene rings is 3. The molecule has 2 N–H and O–H groups in total. The number of amides is 2. The minimum atomic E-state index is -1.15. The molecule has 1 atom stereocenters. The molecule has 3 aromatic rings. The number of carbonyl (C=O) groups excluding carboxylic acids is 1. The van der Waals surface area contributed by atoms with Gasteiger partial charge >= 0.3 is 6.09 Å². The van der Waals surface area contributed by atoms with Gasteiger partial charge in [-0.15, -0.1) is 0 Å². The zero-order valence-corrected chi connectivity index (χ0v) is 23.1. The predicted molar refractivity (Wildman–Crippen MR) is 152 cm³/mol. The Morgan fingerprint density at radius 2 is 1.49 bits per heavy atom. The molecule has 2 amide bonds. The van der Waals surface area contributed by atoms with Gasteiger partial charge in [0.05, 0.1) is 0 Å². The van der Waals surface area contributed by atoms with E-state index in [0.717, 1.165) is 27.8 Å². The monoisotopic (exact) mass is 550 g/mol. The Morgan fingerprint density at radius 3 is 2.03 bits per heavy atom. The molecule has 1 unspecified atom stereocenters. The van der Waals surface area contributed by atoms with E-state index in [2.05, 4.69) is 17.4 Å². The van der Waals surface area contributed by atoms with Gasteiger partial charge in [0.15, 0.2) is 6.29 Å². The average molecular weight is 551 g/mol. The van der Waals surface area contributed by atoms with Crippen LogP contribution in [0.3, 0.4) is 0 Å². The number of fused-ring (bicyclic) bond motifs is 3. The van der Waals surface area contributed by atoms with Gasteiger partial charge in [0.2, 0.25) is 5.91 Å². The quantitative estimate of drug-likeness (QED) is 0.257. The van der Waals surface area contributed by atoms with Crippen molar-refractivity contribution >= 4 is 23.6 Å². The molecular formula is C31H35ClN2O5. The van der Waals surface area contributed by atoms with Crippen LogP contribution in [0.25, 0.3) is 11.1 Å². The van der Waals surface area contributed by atoms with E-state index in [-0.39, 0.29) is 24.8 Å². The summed E-state index contributed by atoms with van der Waals surface area (Å²) in [5.74, 6) is -0.548. The van der Waals surface area contributed by atoms with E-state index >= 15 is 0 Å². The second-order valence-electron chi connectivity index (χ2n) is 9.43. The molecule has 3 aromatic carbocycles. The maximum Gasteiger partial charge on any atom is 0.408 e. The van der Waals surface area contributed by atoms with Crippen LogP contribution in [0.1, 0.15) is 42.9 Å². The minimum absolute atomic E-state index is 0.148. The van der Waals surface area contributed by atoms with Crippen LogP contribution in [-0.4, -0.2) is 60.6 Å². The number of ether oxygens (including phenoxy) is 2. The van der Waals surface area contributed by atoms with Crippen molar-refractivity contribution < 1.29 is 24.2 Å². The summed E-state index contributed by atoms with van der Waals surface area (Å²) in [7, 11) is 0. The Bertz CT molecular complexity index is 1210. The third-order valence-electron chi connectivity index (χ3n) is 6.99. The van der Waals surface area contributed by atoms with Crippen LogP contribution in [0.15, 0.2) is 72.8 Å². The fourth-order valence-corrected chi connectivity index (χ4v) is 5.32. The van der Waals surface area contributed by atoms with Gasteiger partial charge in [-0.25, -0.2) is 4.79 Å². The highest BCUT2D eigenvalue weighted by Crippen LogP contribution is 2.45.